The third-order valence-corrected chi connectivity index (χ3v) is 3.59. The molecule has 1 amide bonds. The molecule has 0 aliphatic heterocycles. The Morgan fingerprint density at radius 1 is 1.05 bits per heavy atom. The summed E-state index contributed by atoms with van der Waals surface area (Å²) in [5.41, 5.74) is 2.92. The highest BCUT2D eigenvalue weighted by molar-refractivity contribution is 5.94. The molecule has 0 heterocycles. The van der Waals surface area contributed by atoms with Crippen molar-refractivity contribution < 1.29 is 9.90 Å². The van der Waals surface area contributed by atoms with Crippen LogP contribution in [0, 0.1) is 0 Å². The molecule has 3 nitrogen and oxygen atoms in total. The molecule has 22 heavy (non-hydrogen) atoms. The molecule has 0 fully saturated rings. The summed E-state index contributed by atoms with van der Waals surface area (Å²) in [6.07, 6.45) is -0.739. The van der Waals surface area contributed by atoms with E-state index in [9.17, 15) is 9.90 Å². The molecular weight excluding hydrogens is 274 g/mol. The third kappa shape index (κ3) is 4.43. The fourth-order valence-corrected chi connectivity index (χ4v) is 2.21. The Hall–Kier alpha value is -2.13. The van der Waals surface area contributed by atoms with Crippen molar-refractivity contribution in [3.63, 3.8) is 0 Å². The van der Waals surface area contributed by atoms with Gasteiger partial charge in [0.05, 0.1) is 0 Å². The summed E-state index contributed by atoms with van der Waals surface area (Å²) in [6, 6.07) is 17.2. The van der Waals surface area contributed by atoms with E-state index >= 15 is 0 Å². The van der Waals surface area contributed by atoms with Gasteiger partial charge < -0.3 is 10.4 Å². The molecule has 116 valence electrons. The van der Waals surface area contributed by atoms with Gasteiger partial charge in [-0.3, -0.25) is 4.79 Å². The van der Waals surface area contributed by atoms with E-state index in [1.54, 1.807) is 0 Å². The normalized spacial score (nSPS) is 12.7. The summed E-state index contributed by atoms with van der Waals surface area (Å²) < 4.78 is 0. The standard InChI is InChI=1S/C19H23NO2/c1-19(2,3)15-9-11-16(12-10-15)20-18(22)17(21)13-14-7-5-4-6-8-14/h4-12,17,21H,13H2,1-3H3,(H,20,22). The highest BCUT2D eigenvalue weighted by Crippen LogP contribution is 2.23. The number of hydrogen-bond acceptors (Lipinski definition) is 2. The van der Waals surface area contributed by atoms with Crippen molar-refractivity contribution >= 4 is 11.6 Å². The van der Waals surface area contributed by atoms with Crippen molar-refractivity contribution in [3.05, 3.63) is 65.7 Å². The van der Waals surface area contributed by atoms with Crippen molar-refractivity contribution in [1.29, 1.82) is 0 Å². The van der Waals surface area contributed by atoms with Gasteiger partial charge in [-0.2, -0.15) is 0 Å². The van der Waals surface area contributed by atoms with E-state index in [1.165, 1.54) is 5.56 Å². The van der Waals surface area contributed by atoms with E-state index < -0.39 is 6.10 Å². The van der Waals surface area contributed by atoms with E-state index in [0.717, 1.165) is 5.56 Å². The molecule has 0 saturated carbocycles. The lowest BCUT2D eigenvalue weighted by molar-refractivity contribution is -0.123. The minimum atomic E-state index is -1.05. The first-order valence-electron chi connectivity index (χ1n) is 7.49. The molecule has 0 aliphatic rings. The van der Waals surface area contributed by atoms with E-state index in [2.05, 4.69) is 26.1 Å². The van der Waals surface area contributed by atoms with E-state index in [4.69, 9.17) is 0 Å². The van der Waals surface area contributed by atoms with Gasteiger partial charge in [0.25, 0.3) is 5.91 Å². The smallest absolute Gasteiger partial charge is 0.253 e. The largest absolute Gasteiger partial charge is 0.383 e. The summed E-state index contributed by atoms with van der Waals surface area (Å²) in [4.78, 5) is 12.0. The van der Waals surface area contributed by atoms with Crippen LogP contribution in [-0.4, -0.2) is 17.1 Å². The lowest BCUT2D eigenvalue weighted by atomic mass is 9.87. The lowest BCUT2D eigenvalue weighted by Crippen LogP contribution is -2.29. The summed E-state index contributed by atoms with van der Waals surface area (Å²) in [5.74, 6) is -0.382. The number of benzene rings is 2. The topological polar surface area (TPSA) is 49.3 Å². The zero-order chi connectivity index (χ0) is 16.2. The first-order chi connectivity index (χ1) is 10.4. The Balaban J connectivity index is 1.96. The molecule has 0 bridgehead atoms. The van der Waals surface area contributed by atoms with Crippen molar-refractivity contribution in [2.45, 2.75) is 38.7 Å². The fraction of sp³-hybridized carbons (Fsp3) is 0.316. The van der Waals surface area contributed by atoms with E-state index in [0.29, 0.717) is 12.1 Å². The van der Waals surface area contributed by atoms with Crippen LogP contribution in [0.15, 0.2) is 54.6 Å². The Labute approximate surface area is 132 Å². The molecule has 0 saturated heterocycles. The van der Waals surface area contributed by atoms with Crippen LogP contribution in [-0.2, 0) is 16.6 Å². The second-order valence-corrected chi connectivity index (χ2v) is 6.52. The molecule has 0 radical (unpaired) electrons. The van der Waals surface area contributed by atoms with Crippen LogP contribution in [0.25, 0.3) is 0 Å². The first kappa shape index (κ1) is 16.2. The molecule has 2 aromatic rings. The van der Waals surface area contributed by atoms with Gasteiger partial charge in [-0.1, -0.05) is 63.2 Å². The van der Waals surface area contributed by atoms with E-state index in [1.807, 2.05) is 54.6 Å². The molecular formula is C19H23NO2. The van der Waals surface area contributed by atoms with Gasteiger partial charge in [-0.25, -0.2) is 0 Å². The minimum absolute atomic E-state index is 0.0787. The van der Waals surface area contributed by atoms with Gasteiger partial charge >= 0.3 is 0 Å². The Kier molecular flexibility index (Phi) is 4.99. The molecule has 2 rings (SSSR count). The maximum atomic E-state index is 12.0. The van der Waals surface area contributed by atoms with Crippen LogP contribution in [0.3, 0.4) is 0 Å². The Morgan fingerprint density at radius 2 is 1.64 bits per heavy atom. The monoisotopic (exact) mass is 297 g/mol. The summed E-state index contributed by atoms with van der Waals surface area (Å²) >= 11 is 0. The molecule has 3 heteroatoms. The number of carbonyl (C=O) groups is 1. The molecule has 2 N–H and O–H groups in total. The minimum Gasteiger partial charge on any atom is -0.383 e. The number of amides is 1. The van der Waals surface area contributed by atoms with Gasteiger partial charge in [0.2, 0.25) is 0 Å². The predicted octanol–water partition coefficient (Wildman–Crippen LogP) is 3.53. The average molecular weight is 297 g/mol. The van der Waals surface area contributed by atoms with Crippen LogP contribution in [0.1, 0.15) is 31.9 Å². The van der Waals surface area contributed by atoms with Crippen LogP contribution < -0.4 is 5.32 Å². The maximum absolute atomic E-state index is 12.0. The van der Waals surface area contributed by atoms with Crippen molar-refractivity contribution in [2.75, 3.05) is 5.32 Å². The summed E-state index contributed by atoms with van der Waals surface area (Å²) in [5, 5.41) is 12.8. The fourth-order valence-electron chi connectivity index (χ4n) is 2.21. The highest BCUT2D eigenvalue weighted by Gasteiger charge is 2.17. The number of nitrogens with one attached hydrogen (secondary N) is 1. The lowest BCUT2D eigenvalue weighted by Gasteiger charge is -2.19. The highest BCUT2D eigenvalue weighted by atomic mass is 16.3. The molecule has 1 unspecified atom stereocenters. The van der Waals surface area contributed by atoms with E-state index in [-0.39, 0.29) is 11.3 Å². The van der Waals surface area contributed by atoms with Crippen molar-refractivity contribution in [2.24, 2.45) is 0 Å². The van der Waals surface area contributed by atoms with Crippen LogP contribution in [0.2, 0.25) is 0 Å². The summed E-state index contributed by atoms with van der Waals surface area (Å²) in [7, 11) is 0. The van der Waals surface area contributed by atoms with Crippen molar-refractivity contribution in [1.82, 2.24) is 0 Å². The first-order valence-corrected chi connectivity index (χ1v) is 7.49. The van der Waals surface area contributed by atoms with Gasteiger partial charge in [0.15, 0.2) is 0 Å². The van der Waals surface area contributed by atoms with Gasteiger partial charge in [0, 0.05) is 12.1 Å². The second kappa shape index (κ2) is 6.75. The number of carbonyl (C=O) groups excluding carboxylic acids is 1. The zero-order valence-electron chi connectivity index (χ0n) is 13.3. The summed E-state index contributed by atoms with van der Waals surface area (Å²) in [6.45, 7) is 6.43. The number of anilines is 1. The third-order valence-electron chi connectivity index (χ3n) is 3.59. The van der Waals surface area contributed by atoms with Crippen LogP contribution in [0.4, 0.5) is 5.69 Å². The Morgan fingerprint density at radius 3 is 2.18 bits per heavy atom. The van der Waals surface area contributed by atoms with Crippen molar-refractivity contribution in [3.8, 4) is 0 Å². The SMILES string of the molecule is CC(C)(C)c1ccc(NC(=O)C(O)Cc2ccccc2)cc1. The van der Waals surface area contributed by atoms with Crippen LogP contribution >= 0.6 is 0 Å². The number of aliphatic hydroxyl groups excluding tert-OH is 1. The van der Waals surface area contributed by atoms with Gasteiger partial charge in [-0.05, 0) is 28.7 Å². The number of hydrogen-bond donors (Lipinski definition) is 2. The molecule has 0 aromatic heterocycles. The number of rotatable bonds is 4. The number of aliphatic hydroxyl groups is 1. The average Bonchev–Trinajstić information content (AvgIpc) is 2.48. The van der Waals surface area contributed by atoms with Gasteiger partial charge in [0.1, 0.15) is 6.10 Å². The maximum Gasteiger partial charge on any atom is 0.253 e. The zero-order valence-corrected chi connectivity index (χ0v) is 13.3. The molecule has 0 spiro atoms. The van der Waals surface area contributed by atoms with Crippen LogP contribution in [0.5, 0.6) is 0 Å². The quantitative estimate of drug-likeness (QED) is 0.907. The molecule has 0 aliphatic carbocycles. The molecule has 2 aromatic carbocycles. The second-order valence-electron chi connectivity index (χ2n) is 6.52. The Bertz CT molecular complexity index is 612. The van der Waals surface area contributed by atoms with Gasteiger partial charge in [-0.15, -0.1) is 0 Å². The predicted molar refractivity (Wildman–Crippen MR) is 89.9 cm³/mol. The molecule has 1 atom stereocenters.